The minimum absolute atomic E-state index is 0. The van der Waals surface area contributed by atoms with Gasteiger partial charge in [-0.3, -0.25) is 4.79 Å². The van der Waals surface area contributed by atoms with Crippen LogP contribution in [0.3, 0.4) is 0 Å². The molecule has 5 nitrogen and oxygen atoms in total. The molecule has 0 unspecified atom stereocenters. The Balaban J connectivity index is 0.00000280. The van der Waals surface area contributed by atoms with Crippen LogP contribution in [-0.4, -0.2) is 49.1 Å². The first-order valence-electron chi connectivity index (χ1n) is 9.41. The Morgan fingerprint density at radius 3 is 2.18 bits per heavy atom. The second-order valence-electron chi connectivity index (χ2n) is 6.79. The molecule has 1 saturated heterocycles. The molecule has 1 N–H and O–H groups in total. The minimum atomic E-state index is -0.645. The van der Waals surface area contributed by atoms with Crippen LogP contribution in [0.2, 0.25) is 0 Å². The van der Waals surface area contributed by atoms with Crippen LogP contribution in [0.25, 0.3) is 0 Å². The molecule has 2 aromatic carbocycles. The van der Waals surface area contributed by atoms with Crippen molar-refractivity contribution in [3.63, 3.8) is 0 Å². The minimum Gasteiger partial charge on any atom is -0.467 e. The van der Waals surface area contributed by atoms with E-state index >= 15 is 0 Å². The van der Waals surface area contributed by atoms with Crippen LogP contribution in [0.4, 0.5) is 0 Å². The van der Waals surface area contributed by atoms with E-state index in [1.54, 1.807) is 17.0 Å². The maximum Gasteiger partial charge on any atom is 0.328 e. The lowest BCUT2D eigenvalue weighted by Gasteiger charge is -2.39. The van der Waals surface area contributed by atoms with Crippen molar-refractivity contribution in [2.75, 3.05) is 20.2 Å². The molecule has 1 amide bonds. The first-order chi connectivity index (χ1) is 13.2. The van der Waals surface area contributed by atoms with Gasteiger partial charge in [-0.1, -0.05) is 48.5 Å². The van der Waals surface area contributed by atoms with E-state index in [4.69, 9.17) is 4.74 Å². The van der Waals surface area contributed by atoms with E-state index in [0.29, 0.717) is 12.0 Å². The smallest absolute Gasteiger partial charge is 0.328 e. The maximum atomic E-state index is 13.4. The van der Waals surface area contributed by atoms with Crippen molar-refractivity contribution in [1.29, 1.82) is 0 Å². The van der Waals surface area contributed by atoms with Gasteiger partial charge in [-0.2, -0.15) is 0 Å². The Labute approximate surface area is 172 Å². The molecule has 0 saturated carbocycles. The summed E-state index contributed by atoms with van der Waals surface area (Å²) >= 11 is 0. The summed E-state index contributed by atoms with van der Waals surface area (Å²) in [7, 11) is 1.38. The first-order valence-corrected chi connectivity index (χ1v) is 9.41. The van der Waals surface area contributed by atoms with Gasteiger partial charge in [0.15, 0.2) is 0 Å². The van der Waals surface area contributed by atoms with E-state index in [2.05, 4.69) is 5.32 Å². The van der Waals surface area contributed by atoms with E-state index in [1.807, 2.05) is 48.5 Å². The van der Waals surface area contributed by atoms with Gasteiger partial charge in [0.05, 0.1) is 7.11 Å². The molecule has 0 bridgehead atoms. The highest BCUT2D eigenvalue weighted by Gasteiger charge is 2.37. The third kappa shape index (κ3) is 5.33. The van der Waals surface area contributed by atoms with Crippen molar-refractivity contribution in [2.45, 2.75) is 31.3 Å². The fraction of sp³-hybridized carbons (Fsp3) is 0.364. The Bertz CT molecular complexity index is 749. The number of hydrogen-bond acceptors (Lipinski definition) is 4. The van der Waals surface area contributed by atoms with Crippen LogP contribution >= 0.6 is 12.4 Å². The highest BCUT2D eigenvalue weighted by molar-refractivity contribution is 5.97. The summed E-state index contributed by atoms with van der Waals surface area (Å²) in [5.74, 6) is -0.490. The van der Waals surface area contributed by atoms with E-state index in [-0.39, 0.29) is 30.3 Å². The molecule has 0 aromatic heterocycles. The topological polar surface area (TPSA) is 58.6 Å². The summed E-state index contributed by atoms with van der Waals surface area (Å²) in [6, 6.07) is 18.3. The van der Waals surface area contributed by atoms with Gasteiger partial charge in [0, 0.05) is 18.0 Å². The number of halogens is 1. The average Bonchev–Trinajstić information content (AvgIpc) is 2.74. The number of benzene rings is 2. The fourth-order valence-corrected chi connectivity index (χ4v) is 3.65. The van der Waals surface area contributed by atoms with Crippen LogP contribution in [-0.2, 0) is 16.0 Å². The monoisotopic (exact) mass is 402 g/mol. The zero-order chi connectivity index (χ0) is 19.1. The predicted molar refractivity (Wildman–Crippen MR) is 112 cm³/mol. The standard InChI is InChI=1S/C22H26N2O3.ClH/c1-27-22(26)20(16-17-8-4-2-5-9-17)24(19-12-14-23-15-13-19)21(25)18-10-6-3-7-11-18;/h2-11,19-20,23H,12-16H2,1H3;1H/t20-;/m0./s1. The Morgan fingerprint density at radius 2 is 1.61 bits per heavy atom. The number of nitrogens with one attached hydrogen (secondary N) is 1. The highest BCUT2D eigenvalue weighted by Crippen LogP contribution is 2.22. The lowest BCUT2D eigenvalue weighted by atomic mass is 9.97. The van der Waals surface area contributed by atoms with Gasteiger partial charge < -0.3 is 15.0 Å². The van der Waals surface area contributed by atoms with Crippen molar-refractivity contribution < 1.29 is 14.3 Å². The normalized spacial score (nSPS) is 15.2. The van der Waals surface area contributed by atoms with Crippen LogP contribution in [0.1, 0.15) is 28.8 Å². The fourth-order valence-electron chi connectivity index (χ4n) is 3.65. The largest absolute Gasteiger partial charge is 0.467 e. The number of methoxy groups -OCH3 is 1. The summed E-state index contributed by atoms with van der Waals surface area (Å²) in [4.78, 5) is 27.9. The molecule has 6 heteroatoms. The van der Waals surface area contributed by atoms with Gasteiger partial charge in [-0.05, 0) is 43.6 Å². The van der Waals surface area contributed by atoms with Crippen molar-refractivity contribution >= 4 is 24.3 Å². The van der Waals surface area contributed by atoms with Crippen molar-refractivity contribution in [3.05, 3.63) is 71.8 Å². The Kier molecular flexibility index (Phi) is 8.48. The molecule has 3 rings (SSSR count). The summed E-state index contributed by atoms with van der Waals surface area (Å²) in [5, 5.41) is 3.33. The van der Waals surface area contributed by atoms with Gasteiger partial charge in [0.1, 0.15) is 6.04 Å². The lowest BCUT2D eigenvalue weighted by molar-refractivity contribution is -0.147. The van der Waals surface area contributed by atoms with E-state index < -0.39 is 6.04 Å². The van der Waals surface area contributed by atoms with E-state index in [9.17, 15) is 9.59 Å². The number of carbonyl (C=O) groups is 2. The highest BCUT2D eigenvalue weighted by atomic mass is 35.5. The number of carbonyl (C=O) groups excluding carboxylic acids is 2. The summed E-state index contributed by atoms with van der Waals surface area (Å²) in [6.07, 6.45) is 2.08. The lowest BCUT2D eigenvalue weighted by Crippen LogP contribution is -2.54. The molecule has 2 aromatic rings. The van der Waals surface area contributed by atoms with E-state index in [0.717, 1.165) is 31.5 Å². The SMILES string of the molecule is COC(=O)[C@H](Cc1ccccc1)N(C(=O)c1ccccc1)C1CCNCC1.Cl. The quantitative estimate of drug-likeness (QED) is 0.754. The molecule has 0 aliphatic carbocycles. The third-order valence-corrected chi connectivity index (χ3v) is 5.04. The number of ether oxygens (including phenoxy) is 1. The number of hydrogen-bond donors (Lipinski definition) is 1. The molecule has 1 atom stereocenters. The van der Waals surface area contributed by atoms with Crippen LogP contribution in [0.15, 0.2) is 60.7 Å². The molecule has 28 heavy (non-hydrogen) atoms. The number of piperidine rings is 1. The van der Waals surface area contributed by atoms with Crippen molar-refractivity contribution in [3.8, 4) is 0 Å². The van der Waals surface area contributed by atoms with Crippen LogP contribution in [0.5, 0.6) is 0 Å². The van der Waals surface area contributed by atoms with Crippen molar-refractivity contribution in [2.24, 2.45) is 0 Å². The number of nitrogens with zero attached hydrogens (tertiary/aromatic N) is 1. The summed E-state index contributed by atoms with van der Waals surface area (Å²) < 4.78 is 5.09. The average molecular weight is 403 g/mol. The number of esters is 1. The molecule has 150 valence electrons. The molecule has 1 aliphatic heterocycles. The second kappa shape index (κ2) is 10.8. The summed E-state index contributed by atoms with van der Waals surface area (Å²) in [5.41, 5.74) is 1.60. The molecule has 1 fully saturated rings. The number of rotatable bonds is 6. The summed E-state index contributed by atoms with van der Waals surface area (Å²) in [6.45, 7) is 1.67. The van der Waals surface area contributed by atoms with Gasteiger partial charge in [-0.25, -0.2) is 4.79 Å². The van der Waals surface area contributed by atoms with Crippen LogP contribution < -0.4 is 5.32 Å². The van der Waals surface area contributed by atoms with Gasteiger partial charge in [0.25, 0.3) is 5.91 Å². The van der Waals surface area contributed by atoms with E-state index in [1.165, 1.54) is 7.11 Å². The molecular weight excluding hydrogens is 376 g/mol. The first kappa shape index (κ1) is 21.9. The zero-order valence-electron chi connectivity index (χ0n) is 16.0. The van der Waals surface area contributed by atoms with Crippen molar-refractivity contribution in [1.82, 2.24) is 10.2 Å². The zero-order valence-corrected chi connectivity index (χ0v) is 16.9. The predicted octanol–water partition coefficient (Wildman–Crippen LogP) is 3.09. The molecule has 1 aliphatic rings. The van der Waals surface area contributed by atoms with Crippen LogP contribution in [0, 0.1) is 0 Å². The van der Waals surface area contributed by atoms with Gasteiger partial charge in [0.2, 0.25) is 0 Å². The Morgan fingerprint density at radius 1 is 1.04 bits per heavy atom. The number of amides is 1. The Hall–Kier alpha value is -2.37. The molecular formula is C22H27ClN2O3. The molecule has 0 radical (unpaired) electrons. The second-order valence-corrected chi connectivity index (χ2v) is 6.79. The van der Waals surface area contributed by atoms with Gasteiger partial charge in [-0.15, -0.1) is 12.4 Å². The third-order valence-electron chi connectivity index (χ3n) is 5.04. The molecule has 1 heterocycles. The van der Waals surface area contributed by atoms with Gasteiger partial charge >= 0.3 is 5.97 Å². The maximum absolute atomic E-state index is 13.4. The molecule has 0 spiro atoms.